The van der Waals surface area contributed by atoms with Crippen molar-refractivity contribution < 1.29 is 14.5 Å². The second-order valence-electron chi connectivity index (χ2n) is 5.91. The molecule has 2 N–H and O–H groups in total. The number of nitro benzene ring substituents is 1. The molecule has 0 radical (unpaired) electrons. The first-order valence-electron chi connectivity index (χ1n) is 7.21. The van der Waals surface area contributed by atoms with Crippen molar-refractivity contribution >= 4 is 23.4 Å². The fourth-order valence-electron chi connectivity index (χ4n) is 2.17. The number of hydrogen-bond donors (Lipinski definition) is 2. The second kappa shape index (κ2) is 6.60. The number of rotatable bonds is 7. The van der Waals surface area contributed by atoms with Crippen LogP contribution >= 0.6 is 0 Å². The summed E-state index contributed by atoms with van der Waals surface area (Å²) in [5.74, 6) is -0.675. The van der Waals surface area contributed by atoms with Crippen LogP contribution in [0.2, 0.25) is 0 Å². The summed E-state index contributed by atoms with van der Waals surface area (Å²) in [5.41, 5.74) is 1.05. The van der Waals surface area contributed by atoms with E-state index in [2.05, 4.69) is 12.2 Å². The van der Waals surface area contributed by atoms with Crippen molar-refractivity contribution in [2.75, 3.05) is 13.7 Å². The van der Waals surface area contributed by atoms with Crippen LogP contribution in [0, 0.1) is 20.9 Å². The molecule has 0 bridgehead atoms. The molecule has 1 fully saturated rings. The smallest absolute Gasteiger partial charge is 0.338 e. The van der Waals surface area contributed by atoms with Gasteiger partial charge in [-0.15, -0.1) is 0 Å². The number of ether oxygens (including phenoxy) is 1. The maximum atomic E-state index is 11.9. The van der Waals surface area contributed by atoms with E-state index in [-0.39, 0.29) is 11.3 Å². The average molecular weight is 317 g/mol. The highest BCUT2D eigenvalue weighted by molar-refractivity contribution is 6.12. The Balaban J connectivity index is 2.33. The topological polar surface area (TPSA) is 105 Å². The second-order valence-corrected chi connectivity index (χ2v) is 5.91. The van der Waals surface area contributed by atoms with E-state index in [0.29, 0.717) is 16.6 Å². The van der Waals surface area contributed by atoms with Gasteiger partial charge in [0.2, 0.25) is 0 Å². The van der Waals surface area contributed by atoms with E-state index in [1.54, 1.807) is 6.20 Å². The number of methoxy groups -OCH3 is 1. The predicted molar refractivity (Wildman–Crippen MR) is 86.5 cm³/mol. The Morgan fingerprint density at radius 2 is 2.17 bits per heavy atom. The Bertz CT molecular complexity index is 678. The molecule has 0 saturated heterocycles. The van der Waals surface area contributed by atoms with Gasteiger partial charge in [0.1, 0.15) is 0 Å². The minimum atomic E-state index is -0.675. The molecule has 0 aromatic heterocycles. The minimum Gasteiger partial charge on any atom is -0.465 e. The fraction of sp³-hybridized carbons (Fsp3) is 0.375. The van der Waals surface area contributed by atoms with Gasteiger partial charge in [0.05, 0.1) is 17.6 Å². The molecule has 0 atom stereocenters. The first-order chi connectivity index (χ1) is 10.9. The highest BCUT2D eigenvalue weighted by Gasteiger charge is 2.36. The fourth-order valence-corrected chi connectivity index (χ4v) is 2.17. The van der Waals surface area contributed by atoms with E-state index in [1.807, 2.05) is 0 Å². The van der Waals surface area contributed by atoms with E-state index >= 15 is 0 Å². The summed E-state index contributed by atoms with van der Waals surface area (Å²) < 4.78 is 4.69. The summed E-state index contributed by atoms with van der Waals surface area (Å²) in [4.78, 5) is 22.2. The summed E-state index contributed by atoms with van der Waals surface area (Å²) in [6.07, 6.45) is 5.09. The van der Waals surface area contributed by atoms with Crippen molar-refractivity contribution in [3.63, 3.8) is 0 Å². The summed E-state index contributed by atoms with van der Waals surface area (Å²) in [7, 11) is 1.21. The third kappa shape index (κ3) is 3.94. The zero-order chi connectivity index (χ0) is 17.0. The highest BCUT2D eigenvalue weighted by Crippen LogP contribution is 2.44. The summed E-state index contributed by atoms with van der Waals surface area (Å²) in [6, 6.07) is 3.93. The molecule has 122 valence electrons. The van der Waals surface area contributed by atoms with Crippen molar-refractivity contribution in [2.45, 2.75) is 19.8 Å². The van der Waals surface area contributed by atoms with E-state index in [9.17, 15) is 14.9 Å². The lowest BCUT2D eigenvalue weighted by Crippen LogP contribution is -2.17. The van der Waals surface area contributed by atoms with Gasteiger partial charge in [-0.25, -0.2) is 4.79 Å². The lowest BCUT2D eigenvalue weighted by molar-refractivity contribution is -0.384. The van der Waals surface area contributed by atoms with Crippen LogP contribution in [0.15, 0.2) is 24.4 Å². The number of non-ortho nitro benzene ring substituents is 1. The lowest BCUT2D eigenvalue weighted by atomic mass is 10.00. The van der Waals surface area contributed by atoms with Crippen LogP contribution in [0.25, 0.3) is 5.57 Å². The third-order valence-electron chi connectivity index (χ3n) is 3.98. The number of carbonyl (C=O) groups is 1. The number of nitro groups is 1. The molecule has 1 aromatic rings. The van der Waals surface area contributed by atoms with E-state index in [4.69, 9.17) is 10.1 Å². The van der Waals surface area contributed by atoms with Crippen molar-refractivity contribution in [1.82, 2.24) is 5.32 Å². The maximum Gasteiger partial charge on any atom is 0.338 e. The maximum absolute atomic E-state index is 11.9. The van der Waals surface area contributed by atoms with Crippen LogP contribution < -0.4 is 5.32 Å². The zero-order valence-corrected chi connectivity index (χ0v) is 13.1. The molecule has 7 heteroatoms. The number of allylic oxidation sites excluding steroid dienone is 1. The minimum absolute atomic E-state index is 0.0656. The van der Waals surface area contributed by atoms with Gasteiger partial charge in [-0.05, 0) is 29.9 Å². The van der Waals surface area contributed by atoms with Gasteiger partial charge in [-0.1, -0.05) is 6.92 Å². The monoisotopic (exact) mass is 317 g/mol. The van der Waals surface area contributed by atoms with Gasteiger partial charge in [-0.2, -0.15) is 0 Å². The summed E-state index contributed by atoms with van der Waals surface area (Å²) in [6.45, 7) is 2.95. The molecule has 23 heavy (non-hydrogen) atoms. The Morgan fingerprint density at radius 3 is 2.70 bits per heavy atom. The van der Waals surface area contributed by atoms with Gasteiger partial charge in [0.25, 0.3) is 5.69 Å². The molecule has 1 saturated carbocycles. The van der Waals surface area contributed by atoms with Gasteiger partial charge in [-0.3, -0.25) is 10.1 Å². The van der Waals surface area contributed by atoms with Crippen LogP contribution in [0.5, 0.6) is 0 Å². The SMILES string of the molecule is COC(=O)c1cc([N+](=O)[O-])ccc1/C(C=N)=C/NCC1(C)CC1. The molecule has 0 unspecified atom stereocenters. The van der Waals surface area contributed by atoms with Crippen LogP contribution in [0.4, 0.5) is 5.69 Å². The van der Waals surface area contributed by atoms with Gasteiger partial charge >= 0.3 is 5.97 Å². The first-order valence-corrected chi connectivity index (χ1v) is 7.21. The largest absolute Gasteiger partial charge is 0.465 e. The van der Waals surface area contributed by atoms with E-state index in [0.717, 1.165) is 12.8 Å². The number of carbonyl (C=O) groups excluding carboxylic acids is 1. The van der Waals surface area contributed by atoms with Crippen molar-refractivity contribution in [2.24, 2.45) is 5.41 Å². The molecule has 0 aliphatic heterocycles. The quantitative estimate of drug-likeness (QED) is 0.348. The number of nitrogens with one attached hydrogen (secondary N) is 2. The summed E-state index contributed by atoms with van der Waals surface area (Å²) >= 11 is 0. The molecule has 2 rings (SSSR count). The number of hydrogen-bond acceptors (Lipinski definition) is 6. The average Bonchev–Trinajstić information content (AvgIpc) is 3.28. The Morgan fingerprint density at radius 1 is 1.48 bits per heavy atom. The van der Waals surface area contributed by atoms with Crippen LogP contribution in [0.1, 0.15) is 35.7 Å². The Kier molecular flexibility index (Phi) is 4.78. The van der Waals surface area contributed by atoms with Crippen molar-refractivity contribution in [3.8, 4) is 0 Å². The van der Waals surface area contributed by atoms with Crippen molar-refractivity contribution in [1.29, 1.82) is 5.41 Å². The molecule has 0 amide bonds. The Labute approximate surface area is 134 Å². The van der Waals surface area contributed by atoms with Gasteiger partial charge < -0.3 is 15.5 Å². The van der Waals surface area contributed by atoms with Crippen LogP contribution in [-0.4, -0.2) is 30.8 Å². The van der Waals surface area contributed by atoms with Crippen LogP contribution in [0.3, 0.4) is 0 Å². The standard InChI is InChI=1S/C16H19N3O4/c1-16(5-6-16)10-18-9-11(8-17)13-4-3-12(19(21)22)7-14(13)15(20)23-2/h3-4,7-9,17-18H,5-6,10H2,1-2H3/b11-9+,17-8?. The van der Waals surface area contributed by atoms with E-state index in [1.165, 1.54) is 38.2 Å². The lowest BCUT2D eigenvalue weighted by Gasteiger charge is -2.11. The molecular weight excluding hydrogens is 298 g/mol. The molecule has 1 aromatic carbocycles. The van der Waals surface area contributed by atoms with Gasteiger partial charge in [0.15, 0.2) is 0 Å². The number of benzene rings is 1. The van der Waals surface area contributed by atoms with E-state index < -0.39 is 10.9 Å². The van der Waals surface area contributed by atoms with Crippen LogP contribution in [-0.2, 0) is 4.74 Å². The van der Waals surface area contributed by atoms with Crippen molar-refractivity contribution in [3.05, 3.63) is 45.6 Å². The molecule has 0 spiro atoms. The molecule has 7 nitrogen and oxygen atoms in total. The first kappa shape index (κ1) is 16.7. The zero-order valence-electron chi connectivity index (χ0n) is 13.1. The number of esters is 1. The Hall–Kier alpha value is -2.70. The molecule has 1 aliphatic rings. The molecular formula is C16H19N3O4. The highest BCUT2D eigenvalue weighted by atomic mass is 16.6. The van der Waals surface area contributed by atoms with Gasteiger partial charge in [0, 0.05) is 36.7 Å². The predicted octanol–water partition coefficient (Wildman–Crippen LogP) is 2.76. The summed E-state index contributed by atoms with van der Waals surface area (Å²) in [5, 5.41) is 21.6. The third-order valence-corrected chi connectivity index (χ3v) is 3.98. The number of nitrogens with zero attached hydrogens (tertiary/aromatic N) is 1. The molecule has 1 aliphatic carbocycles. The normalized spacial score (nSPS) is 15.7. The molecule has 0 heterocycles.